The average Bonchev–Trinajstić information content (AvgIpc) is 2.66. The number of piperidine rings is 1. The molecule has 0 aromatic carbocycles. The summed E-state index contributed by atoms with van der Waals surface area (Å²) in [5.41, 5.74) is 6.23. The molecule has 3 nitrogen and oxygen atoms in total. The topological polar surface area (TPSA) is 42.4 Å². The third-order valence-electron chi connectivity index (χ3n) is 3.59. The molecule has 1 fully saturated rings. The summed E-state index contributed by atoms with van der Waals surface area (Å²) in [7, 11) is 0. The molecule has 1 saturated heterocycles. The fraction of sp³-hybridized carbons (Fsp3) is 0.667. The predicted octanol–water partition coefficient (Wildman–Crippen LogP) is 1.98. The van der Waals surface area contributed by atoms with E-state index >= 15 is 0 Å². The molecule has 0 spiro atoms. The van der Waals surface area contributed by atoms with Gasteiger partial charge in [0.25, 0.3) is 0 Å². The minimum atomic E-state index is 0.0744. The monoisotopic (exact) mass is 208 g/mol. The maximum absolute atomic E-state index is 6.16. The highest BCUT2D eigenvalue weighted by Gasteiger charge is 2.36. The van der Waals surface area contributed by atoms with E-state index in [9.17, 15) is 0 Å². The highest BCUT2D eigenvalue weighted by molar-refractivity contribution is 5.02. The fourth-order valence-electron chi connectivity index (χ4n) is 2.25. The zero-order valence-electron chi connectivity index (χ0n) is 9.57. The Morgan fingerprint density at radius 1 is 1.60 bits per heavy atom. The van der Waals surface area contributed by atoms with Crippen LogP contribution in [0.1, 0.15) is 32.4 Å². The Morgan fingerprint density at radius 3 is 3.07 bits per heavy atom. The standard InChI is InChI=1S/C12H20N2O/c1-12(2)11(13)6-3-7-14(12)9-10-5-4-8-15-10/h4-5,8,11H,3,6-7,9,13H2,1-2H3. The summed E-state index contributed by atoms with van der Waals surface area (Å²) in [6, 6.07) is 4.23. The molecule has 1 aromatic rings. The first-order valence-corrected chi connectivity index (χ1v) is 5.64. The molecule has 2 rings (SSSR count). The predicted molar refractivity (Wildman–Crippen MR) is 60.4 cm³/mol. The van der Waals surface area contributed by atoms with Crippen LogP contribution in [-0.4, -0.2) is 23.0 Å². The summed E-state index contributed by atoms with van der Waals surface area (Å²) in [4.78, 5) is 2.42. The van der Waals surface area contributed by atoms with Gasteiger partial charge in [0, 0.05) is 11.6 Å². The molecule has 0 bridgehead atoms. The van der Waals surface area contributed by atoms with Crippen molar-refractivity contribution >= 4 is 0 Å². The van der Waals surface area contributed by atoms with E-state index in [0.717, 1.165) is 25.3 Å². The van der Waals surface area contributed by atoms with E-state index in [1.807, 2.05) is 12.1 Å². The van der Waals surface area contributed by atoms with Gasteiger partial charge in [-0.25, -0.2) is 0 Å². The number of furan rings is 1. The molecule has 2 heterocycles. The van der Waals surface area contributed by atoms with E-state index in [4.69, 9.17) is 10.2 Å². The van der Waals surface area contributed by atoms with Crippen LogP contribution in [0.25, 0.3) is 0 Å². The van der Waals surface area contributed by atoms with Gasteiger partial charge in [0.05, 0.1) is 12.8 Å². The van der Waals surface area contributed by atoms with Gasteiger partial charge in [-0.3, -0.25) is 4.90 Å². The Bertz CT molecular complexity index is 305. The molecule has 1 unspecified atom stereocenters. The van der Waals surface area contributed by atoms with Crippen molar-refractivity contribution in [1.29, 1.82) is 0 Å². The van der Waals surface area contributed by atoms with Crippen molar-refractivity contribution in [3.05, 3.63) is 24.2 Å². The van der Waals surface area contributed by atoms with Crippen LogP contribution >= 0.6 is 0 Å². The van der Waals surface area contributed by atoms with Gasteiger partial charge in [0.1, 0.15) is 5.76 Å². The number of nitrogens with zero attached hydrogens (tertiary/aromatic N) is 1. The maximum Gasteiger partial charge on any atom is 0.117 e. The van der Waals surface area contributed by atoms with E-state index in [2.05, 4.69) is 18.7 Å². The zero-order chi connectivity index (χ0) is 10.9. The molecule has 1 aliphatic heterocycles. The highest BCUT2D eigenvalue weighted by Crippen LogP contribution is 2.28. The molecular formula is C12H20N2O. The van der Waals surface area contributed by atoms with E-state index in [0.29, 0.717) is 0 Å². The second-order valence-corrected chi connectivity index (χ2v) is 4.90. The first kappa shape index (κ1) is 10.7. The van der Waals surface area contributed by atoms with Crippen LogP contribution in [0.2, 0.25) is 0 Å². The third kappa shape index (κ3) is 2.08. The molecule has 1 aromatic heterocycles. The van der Waals surface area contributed by atoms with Gasteiger partial charge in [-0.05, 0) is 45.4 Å². The molecule has 0 radical (unpaired) electrons. The quantitative estimate of drug-likeness (QED) is 0.808. The number of hydrogen-bond donors (Lipinski definition) is 1. The lowest BCUT2D eigenvalue weighted by atomic mass is 9.85. The summed E-state index contributed by atoms with van der Waals surface area (Å²) >= 11 is 0. The van der Waals surface area contributed by atoms with Crippen molar-refractivity contribution in [2.24, 2.45) is 5.73 Å². The number of likely N-dealkylation sites (tertiary alicyclic amines) is 1. The molecule has 1 atom stereocenters. The highest BCUT2D eigenvalue weighted by atomic mass is 16.3. The van der Waals surface area contributed by atoms with Crippen molar-refractivity contribution < 1.29 is 4.42 Å². The summed E-state index contributed by atoms with van der Waals surface area (Å²) < 4.78 is 5.38. The van der Waals surface area contributed by atoms with Gasteiger partial charge in [-0.2, -0.15) is 0 Å². The van der Waals surface area contributed by atoms with Crippen LogP contribution in [0.3, 0.4) is 0 Å². The molecule has 0 saturated carbocycles. The van der Waals surface area contributed by atoms with E-state index in [-0.39, 0.29) is 11.6 Å². The fourth-order valence-corrected chi connectivity index (χ4v) is 2.25. The number of rotatable bonds is 2. The summed E-state index contributed by atoms with van der Waals surface area (Å²) in [5, 5.41) is 0. The molecule has 0 aliphatic carbocycles. The minimum absolute atomic E-state index is 0.0744. The Morgan fingerprint density at radius 2 is 2.40 bits per heavy atom. The second kappa shape index (κ2) is 3.99. The van der Waals surface area contributed by atoms with Crippen molar-refractivity contribution in [1.82, 2.24) is 4.90 Å². The zero-order valence-corrected chi connectivity index (χ0v) is 9.57. The van der Waals surface area contributed by atoms with Crippen molar-refractivity contribution in [2.45, 2.75) is 44.8 Å². The van der Waals surface area contributed by atoms with Gasteiger partial charge in [-0.1, -0.05) is 0 Å². The van der Waals surface area contributed by atoms with Crippen LogP contribution < -0.4 is 5.73 Å². The lowest BCUT2D eigenvalue weighted by Crippen LogP contribution is -2.58. The lowest BCUT2D eigenvalue weighted by Gasteiger charge is -2.46. The van der Waals surface area contributed by atoms with Gasteiger partial charge in [0.15, 0.2) is 0 Å². The Hall–Kier alpha value is -0.800. The van der Waals surface area contributed by atoms with Gasteiger partial charge in [0.2, 0.25) is 0 Å². The first-order valence-electron chi connectivity index (χ1n) is 5.64. The van der Waals surface area contributed by atoms with Gasteiger partial charge in [-0.15, -0.1) is 0 Å². The van der Waals surface area contributed by atoms with Crippen molar-refractivity contribution in [3.8, 4) is 0 Å². The Balaban J connectivity index is 2.07. The molecule has 84 valence electrons. The molecule has 15 heavy (non-hydrogen) atoms. The normalized spacial score (nSPS) is 26.7. The summed E-state index contributed by atoms with van der Waals surface area (Å²) in [5.74, 6) is 1.03. The Kier molecular flexibility index (Phi) is 2.85. The SMILES string of the molecule is CC1(C)C(N)CCCN1Cc1ccco1. The van der Waals surface area contributed by atoms with Gasteiger partial charge < -0.3 is 10.2 Å². The minimum Gasteiger partial charge on any atom is -0.468 e. The third-order valence-corrected chi connectivity index (χ3v) is 3.59. The van der Waals surface area contributed by atoms with E-state index < -0.39 is 0 Å². The van der Waals surface area contributed by atoms with Crippen LogP contribution in [0, 0.1) is 0 Å². The molecule has 3 heteroatoms. The van der Waals surface area contributed by atoms with Crippen LogP contribution in [0.5, 0.6) is 0 Å². The summed E-state index contributed by atoms with van der Waals surface area (Å²) in [6.07, 6.45) is 4.04. The smallest absolute Gasteiger partial charge is 0.117 e. The van der Waals surface area contributed by atoms with Crippen molar-refractivity contribution in [3.63, 3.8) is 0 Å². The maximum atomic E-state index is 6.16. The van der Waals surface area contributed by atoms with Crippen LogP contribution in [0.15, 0.2) is 22.8 Å². The lowest BCUT2D eigenvalue weighted by molar-refractivity contribution is 0.0442. The van der Waals surface area contributed by atoms with E-state index in [1.54, 1.807) is 6.26 Å². The van der Waals surface area contributed by atoms with Crippen molar-refractivity contribution in [2.75, 3.05) is 6.54 Å². The first-order chi connectivity index (χ1) is 7.10. The summed E-state index contributed by atoms with van der Waals surface area (Å²) in [6.45, 7) is 6.43. The Labute approximate surface area is 91.2 Å². The van der Waals surface area contributed by atoms with Gasteiger partial charge >= 0.3 is 0 Å². The molecule has 2 N–H and O–H groups in total. The number of nitrogens with two attached hydrogens (primary N) is 1. The molecule has 1 aliphatic rings. The van der Waals surface area contributed by atoms with E-state index in [1.165, 1.54) is 6.42 Å². The van der Waals surface area contributed by atoms with Crippen LogP contribution in [0.4, 0.5) is 0 Å². The molecular weight excluding hydrogens is 188 g/mol. The average molecular weight is 208 g/mol. The second-order valence-electron chi connectivity index (χ2n) is 4.90. The van der Waals surface area contributed by atoms with Crippen LogP contribution in [-0.2, 0) is 6.54 Å². The molecule has 0 amide bonds. The number of hydrogen-bond acceptors (Lipinski definition) is 3. The largest absolute Gasteiger partial charge is 0.468 e.